The molecule has 1 aromatic heterocycles. The number of hydrogen-bond donors (Lipinski definition) is 1. The highest BCUT2D eigenvalue weighted by atomic mass is 19.1. The van der Waals surface area contributed by atoms with Crippen LogP contribution in [0.5, 0.6) is 0 Å². The summed E-state index contributed by atoms with van der Waals surface area (Å²) in [6.45, 7) is 6.54. The number of carbonyl (C=O) groups is 1. The third-order valence-corrected chi connectivity index (χ3v) is 4.84. The molecule has 1 aromatic carbocycles. The predicted molar refractivity (Wildman–Crippen MR) is 101 cm³/mol. The molecule has 0 saturated carbocycles. The first kappa shape index (κ1) is 18.4. The van der Waals surface area contributed by atoms with Gasteiger partial charge in [-0.2, -0.15) is 5.10 Å². The Bertz CT molecular complexity index is 721. The second kappa shape index (κ2) is 8.34. The second-order valence-corrected chi connectivity index (χ2v) is 7.42. The van der Waals surface area contributed by atoms with Crippen molar-refractivity contribution in [3.8, 4) is 5.69 Å². The third-order valence-electron chi connectivity index (χ3n) is 4.84. The molecule has 0 atom stereocenters. The summed E-state index contributed by atoms with van der Waals surface area (Å²) in [6.07, 6.45) is 6.13. The van der Waals surface area contributed by atoms with E-state index in [-0.39, 0.29) is 11.7 Å². The summed E-state index contributed by atoms with van der Waals surface area (Å²) in [6, 6.07) is 6.54. The molecular weight excluding hydrogens is 331 g/mol. The number of carbonyl (C=O) groups excluding carboxylic acids is 1. The van der Waals surface area contributed by atoms with Crippen molar-refractivity contribution in [1.82, 2.24) is 14.7 Å². The maximum absolute atomic E-state index is 13.7. The Labute approximate surface area is 154 Å². The molecule has 1 aliphatic rings. The van der Waals surface area contributed by atoms with E-state index in [1.54, 1.807) is 16.9 Å². The van der Waals surface area contributed by atoms with Gasteiger partial charge in [-0.25, -0.2) is 9.07 Å². The number of rotatable bonds is 6. The van der Waals surface area contributed by atoms with E-state index in [4.69, 9.17) is 0 Å². The Hall–Kier alpha value is -2.37. The van der Waals surface area contributed by atoms with E-state index in [0.29, 0.717) is 18.3 Å². The van der Waals surface area contributed by atoms with Crippen LogP contribution < -0.4 is 5.32 Å². The van der Waals surface area contributed by atoms with E-state index >= 15 is 0 Å². The number of anilines is 1. The normalized spacial score (nSPS) is 15.5. The van der Waals surface area contributed by atoms with Gasteiger partial charge in [0, 0.05) is 38.4 Å². The first-order valence-corrected chi connectivity index (χ1v) is 9.34. The van der Waals surface area contributed by atoms with Gasteiger partial charge in [0.2, 0.25) is 5.91 Å². The van der Waals surface area contributed by atoms with Crippen LogP contribution in [0.2, 0.25) is 0 Å². The standard InChI is InChI=1S/C20H27FN4O/c1-15(2)12-20(26)24-10-6-16(7-11-24)14-22-18-13-17(21)4-5-19(18)25-9-3-8-23-25/h3-5,8-9,13,15-16,22H,6-7,10-12,14H2,1-2H3. The van der Waals surface area contributed by atoms with Gasteiger partial charge in [0.15, 0.2) is 0 Å². The van der Waals surface area contributed by atoms with E-state index in [1.165, 1.54) is 12.1 Å². The molecule has 0 radical (unpaired) electrons. The predicted octanol–water partition coefficient (Wildman–Crippen LogP) is 3.71. The molecule has 2 heterocycles. The number of piperidine rings is 1. The number of nitrogens with one attached hydrogen (secondary N) is 1. The summed E-state index contributed by atoms with van der Waals surface area (Å²) < 4.78 is 15.4. The fourth-order valence-corrected chi connectivity index (χ4v) is 3.38. The van der Waals surface area contributed by atoms with Crippen molar-refractivity contribution in [3.05, 3.63) is 42.5 Å². The maximum Gasteiger partial charge on any atom is 0.222 e. The van der Waals surface area contributed by atoms with Crippen molar-refractivity contribution in [1.29, 1.82) is 0 Å². The Morgan fingerprint density at radius 3 is 2.77 bits per heavy atom. The third kappa shape index (κ3) is 4.62. The number of likely N-dealkylation sites (tertiary alicyclic amines) is 1. The minimum absolute atomic E-state index is 0.262. The molecular formula is C20H27FN4O. The quantitative estimate of drug-likeness (QED) is 0.856. The lowest BCUT2D eigenvalue weighted by Crippen LogP contribution is -2.40. The van der Waals surface area contributed by atoms with Gasteiger partial charge in [-0.05, 0) is 48.9 Å². The maximum atomic E-state index is 13.7. The molecule has 0 unspecified atom stereocenters. The van der Waals surface area contributed by atoms with Crippen LogP contribution in [0.15, 0.2) is 36.7 Å². The van der Waals surface area contributed by atoms with Crippen LogP contribution in [0.4, 0.5) is 10.1 Å². The van der Waals surface area contributed by atoms with Crippen molar-refractivity contribution in [2.45, 2.75) is 33.1 Å². The van der Waals surface area contributed by atoms with Crippen molar-refractivity contribution < 1.29 is 9.18 Å². The summed E-state index contributed by atoms with van der Waals surface area (Å²) >= 11 is 0. The van der Waals surface area contributed by atoms with Gasteiger partial charge < -0.3 is 10.2 Å². The highest BCUT2D eigenvalue weighted by molar-refractivity contribution is 5.76. The minimum atomic E-state index is -0.266. The van der Waals surface area contributed by atoms with Gasteiger partial charge in [0.1, 0.15) is 5.82 Å². The summed E-state index contributed by atoms with van der Waals surface area (Å²) in [5.74, 6) is 0.873. The summed E-state index contributed by atoms with van der Waals surface area (Å²) in [7, 11) is 0. The summed E-state index contributed by atoms with van der Waals surface area (Å²) in [5.41, 5.74) is 1.58. The molecule has 1 aliphatic heterocycles. The summed E-state index contributed by atoms with van der Waals surface area (Å²) in [5, 5.41) is 7.62. The van der Waals surface area contributed by atoms with Gasteiger partial charge >= 0.3 is 0 Å². The van der Waals surface area contributed by atoms with E-state index in [9.17, 15) is 9.18 Å². The van der Waals surface area contributed by atoms with Gasteiger partial charge in [-0.1, -0.05) is 13.8 Å². The molecule has 0 aliphatic carbocycles. The van der Waals surface area contributed by atoms with Crippen LogP contribution >= 0.6 is 0 Å². The number of halogens is 1. The van der Waals surface area contributed by atoms with Gasteiger partial charge in [-0.15, -0.1) is 0 Å². The van der Waals surface area contributed by atoms with Crippen molar-refractivity contribution in [2.24, 2.45) is 11.8 Å². The van der Waals surface area contributed by atoms with Crippen molar-refractivity contribution >= 4 is 11.6 Å². The molecule has 0 spiro atoms. The van der Waals surface area contributed by atoms with Crippen LogP contribution in [0.3, 0.4) is 0 Å². The fraction of sp³-hybridized carbons (Fsp3) is 0.500. The number of nitrogens with zero attached hydrogens (tertiary/aromatic N) is 3. The Morgan fingerprint density at radius 2 is 2.12 bits per heavy atom. The second-order valence-electron chi connectivity index (χ2n) is 7.42. The molecule has 26 heavy (non-hydrogen) atoms. The van der Waals surface area contributed by atoms with E-state index in [1.807, 2.05) is 17.2 Å². The Morgan fingerprint density at radius 1 is 1.35 bits per heavy atom. The molecule has 3 rings (SSSR count). The molecule has 1 amide bonds. The Kier molecular flexibility index (Phi) is 5.91. The van der Waals surface area contributed by atoms with Crippen LogP contribution in [0.1, 0.15) is 33.1 Å². The van der Waals surface area contributed by atoms with Crippen LogP contribution in [0, 0.1) is 17.7 Å². The average molecular weight is 358 g/mol. The zero-order chi connectivity index (χ0) is 18.5. The van der Waals surface area contributed by atoms with E-state index in [2.05, 4.69) is 24.3 Å². The monoisotopic (exact) mass is 358 g/mol. The SMILES string of the molecule is CC(C)CC(=O)N1CCC(CNc2cc(F)ccc2-n2cccn2)CC1. The molecule has 1 fully saturated rings. The zero-order valence-corrected chi connectivity index (χ0v) is 15.5. The van der Waals surface area contributed by atoms with E-state index < -0.39 is 0 Å². The molecule has 6 heteroatoms. The first-order chi connectivity index (χ1) is 12.5. The molecule has 140 valence electrons. The largest absolute Gasteiger partial charge is 0.383 e. The number of amides is 1. The lowest BCUT2D eigenvalue weighted by atomic mass is 9.96. The lowest BCUT2D eigenvalue weighted by molar-refractivity contribution is -0.133. The van der Waals surface area contributed by atoms with Crippen LogP contribution in [0.25, 0.3) is 5.69 Å². The smallest absolute Gasteiger partial charge is 0.222 e. The van der Waals surface area contributed by atoms with Crippen molar-refractivity contribution in [3.63, 3.8) is 0 Å². The number of aromatic nitrogens is 2. The van der Waals surface area contributed by atoms with Crippen LogP contribution in [-0.4, -0.2) is 40.2 Å². The lowest BCUT2D eigenvalue weighted by Gasteiger charge is -2.32. The van der Waals surface area contributed by atoms with Gasteiger partial charge in [0.05, 0.1) is 11.4 Å². The molecule has 1 saturated heterocycles. The summed E-state index contributed by atoms with van der Waals surface area (Å²) in [4.78, 5) is 14.1. The average Bonchev–Trinajstić information content (AvgIpc) is 3.14. The number of benzene rings is 1. The fourth-order valence-electron chi connectivity index (χ4n) is 3.38. The molecule has 2 aromatic rings. The molecule has 5 nitrogen and oxygen atoms in total. The number of hydrogen-bond acceptors (Lipinski definition) is 3. The first-order valence-electron chi connectivity index (χ1n) is 9.34. The van der Waals surface area contributed by atoms with Crippen LogP contribution in [-0.2, 0) is 4.79 Å². The highest BCUT2D eigenvalue weighted by Crippen LogP contribution is 2.24. The van der Waals surface area contributed by atoms with Gasteiger partial charge in [-0.3, -0.25) is 4.79 Å². The molecule has 1 N–H and O–H groups in total. The molecule has 0 bridgehead atoms. The highest BCUT2D eigenvalue weighted by Gasteiger charge is 2.23. The van der Waals surface area contributed by atoms with Crippen molar-refractivity contribution in [2.75, 3.05) is 25.0 Å². The minimum Gasteiger partial charge on any atom is -0.383 e. The Balaban J connectivity index is 1.56. The van der Waals surface area contributed by atoms with E-state index in [0.717, 1.165) is 43.9 Å². The topological polar surface area (TPSA) is 50.2 Å². The zero-order valence-electron chi connectivity index (χ0n) is 15.5. The van der Waals surface area contributed by atoms with Gasteiger partial charge in [0.25, 0.3) is 0 Å².